The molecule has 1 atom stereocenters. The van der Waals surface area contributed by atoms with Crippen molar-refractivity contribution in [2.45, 2.75) is 18.8 Å². The van der Waals surface area contributed by atoms with Gasteiger partial charge in [-0.25, -0.2) is 0 Å². The van der Waals surface area contributed by atoms with Crippen LogP contribution in [0.4, 0.5) is 5.69 Å². The van der Waals surface area contributed by atoms with Crippen LogP contribution < -0.4 is 5.32 Å². The highest BCUT2D eigenvalue weighted by Crippen LogP contribution is 2.33. The van der Waals surface area contributed by atoms with E-state index in [1.165, 1.54) is 6.07 Å². The number of hydrogen-bond donors (Lipinski definition) is 2. The molecular formula is C18H15Cl2NO2. The molecular weight excluding hydrogens is 333 g/mol. The molecule has 0 spiro atoms. The third-order valence-electron chi connectivity index (χ3n) is 3.79. The van der Waals surface area contributed by atoms with Crippen molar-refractivity contribution in [3.8, 4) is 5.75 Å². The number of anilines is 1. The molecule has 0 bridgehead atoms. The molecule has 3 rings (SSSR count). The van der Waals surface area contributed by atoms with E-state index in [0.29, 0.717) is 28.6 Å². The number of carbonyl (C=O) groups is 1. The minimum atomic E-state index is -0.00246. The monoisotopic (exact) mass is 347 g/mol. The van der Waals surface area contributed by atoms with Gasteiger partial charge in [-0.1, -0.05) is 41.4 Å². The van der Waals surface area contributed by atoms with Crippen molar-refractivity contribution in [2.24, 2.45) is 0 Å². The van der Waals surface area contributed by atoms with Gasteiger partial charge in [0.25, 0.3) is 0 Å². The SMILES string of the molecule is O=C1CC(Nc2cc(Cl)ccc2O)=CC(c2ccc(Cl)cc2)C1. The number of hydrogen-bond acceptors (Lipinski definition) is 3. The molecule has 2 aromatic rings. The number of halogens is 2. The zero-order chi connectivity index (χ0) is 16.4. The summed E-state index contributed by atoms with van der Waals surface area (Å²) >= 11 is 11.9. The summed E-state index contributed by atoms with van der Waals surface area (Å²) in [6.45, 7) is 0. The Morgan fingerprint density at radius 3 is 2.48 bits per heavy atom. The average molecular weight is 348 g/mol. The van der Waals surface area contributed by atoms with Crippen molar-refractivity contribution in [3.05, 3.63) is 69.8 Å². The van der Waals surface area contributed by atoms with Crippen LogP contribution in [0.5, 0.6) is 5.75 Å². The van der Waals surface area contributed by atoms with Gasteiger partial charge in [0.1, 0.15) is 11.5 Å². The van der Waals surface area contributed by atoms with E-state index in [9.17, 15) is 9.90 Å². The zero-order valence-electron chi connectivity index (χ0n) is 12.2. The molecule has 2 N–H and O–H groups in total. The zero-order valence-corrected chi connectivity index (χ0v) is 13.7. The highest BCUT2D eigenvalue weighted by Gasteiger charge is 2.22. The summed E-state index contributed by atoms with van der Waals surface area (Å²) in [4.78, 5) is 12.1. The van der Waals surface area contributed by atoms with E-state index >= 15 is 0 Å². The first-order chi connectivity index (χ1) is 11.0. The van der Waals surface area contributed by atoms with Crippen LogP contribution in [0.3, 0.4) is 0 Å². The van der Waals surface area contributed by atoms with Crippen LogP contribution >= 0.6 is 23.2 Å². The number of ketones is 1. The van der Waals surface area contributed by atoms with Gasteiger partial charge in [-0.15, -0.1) is 0 Å². The smallest absolute Gasteiger partial charge is 0.139 e. The molecule has 1 aliphatic carbocycles. The number of nitrogens with one attached hydrogen (secondary N) is 1. The molecule has 2 aromatic carbocycles. The van der Waals surface area contributed by atoms with E-state index in [1.54, 1.807) is 12.1 Å². The van der Waals surface area contributed by atoms with Crippen molar-refractivity contribution < 1.29 is 9.90 Å². The molecule has 0 heterocycles. The van der Waals surface area contributed by atoms with Gasteiger partial charge in [-0.2, -0.15) is 0 Å². The fraction of sp³-hybridized carbons (Fsp3) is 0.167. The topological polar surface area (TPSA) is 49.3 Å². The van der Waals surface area contributed by atoms with Gasteiger partial charge >= 0.3 is 0 Å². The Bertz CT molecular complexity index is 769. The van der Waals surface area contributed by atoms with Crippen molar-refractivity contribution in [1.29, 1.82) is 0 Å². The molecule has 0 aliphatic heterocycles. The lowest BCUT2D eigenvalue weighted by Gasteiger charge is -2.22. The molecule has 3 nitrogen and oxygen atoms in total. The largest absolute Gasteiger partial charge is 0.506 e. The fourth-order valence-electron chi connectivity index (χ4n) is 2.68. The van der Waals surface area contributed by atoms with Crippen molar-refractivity contribution in [1.82, 2.24) is 0 Å². The van der Waals surface area contributed by atoms with Crippen LogP contribution in [0.15, 0.2) is 54.2 Å². The Morgan fingerprint density at radius 2 is 1.74 bits per heavy atom. The van der Waals surface area contributed by atoms with Gasteiger partial charge in [0.15, 0.2) is 0 Å². The number of phenolic OH excluding ortho intramolecular Hbond substituents is 1. The fourth-order valence-corrected chi connectivity index (χ4v) is 2.98. The molecule has 118 valence electrons. The highest BCUT2D eigenvalue weighted by atomic mass is 35.5. The molecule has 0 aromatic heterocycles. The lowest BCUT2D eigenvalue weighted by atomic mass is 9.87. The normalized spacial score (nSPS) is 17.7. The Hall–Kier alpha value is -1.97. The molecule has 1 unspecified atom stereocenters. The summed E-state index contributed by atoms with van der Waals surface area (Å²) in [7, 11) is 0. The van der Waals surface area contributed by atoms with Gasteiger partial charge in [-0.05, 0) is 35.9 Å². The summed E-state index contributed by atoms with van der Waals surface area (Å²) in [5.74, 6) is 0.241. The van der Waals surface area contributed by atoms with Crippen LogP contribution in [0.25, 0.3) is 0 Å². The second kappa shape index (κ2) is 6.65. The number of carbonyl (C=O) groups excluding carboxylic acids is 1. The summed E-state index contributed by atoms with van der Waals surface area (Å²) in [5, 5.41) is 14.2. The van der Waals surface area contributed by atoms with Crippen LogP contribution in [-0.2, 0) is 4.79 Å². The van der Waals surface area contributed by atoms with Gasteiger partial charge in [0.2, 0.25) is 0 Å². The van der Waals surface area contributed by atoms with Crippen molar-refractivity contribution in [3.63, 3.8) is 0 Å². The van der Waals surface area contributed by atoms with E-state index in [4.69, 9.17) is 23.2 Å². The van der Waals surface area contributed by atoms with Gasteiger partial charge in [0, 0.05) is 34.5 Å². The minimum absolute atomic E-state index is 0.00246. The van der Waals surface area contributed by atoms with E-state index in [1.807, 2.05) is 30.3 Å². The van der Waals surface area contributed by atoms with E-state index < -0.39 is 0 Å². The first kappa shape index (κ1) is 15.9. The maximum Gasteiger partial charge on any atom is 0.139 e. The minimum Gasteiger partial charge on any atom is -0.506 e. The molecule has 23 heavy (non-hydrogen) atoms. The molecule has 5 heteroatoms. The number of Topliss-reactive ketones (excluding diaryl/α,β-unsaturated/α-hetero) is 1. The molecule has 1 aliphatic rings. The molecule has 0 fully saturated rings. The molecule has 0 saturated heterocycles. The summed E-state index contributed by atoms with van der Waals surface area (Å²) in [6.07, 6.45) is 2.80. The predicted molar refractivity (Wildman–Crippen MR) is 93.3 cm³/mol. The maximum atomic E-state index is 12.1. The Labute approximate surface area is 144 Å². The Morgan fingerprint density at radius 1 is 1.04 bits per heavy atom. The first-order valence-electron chi connectivity index (χ1n) is 7.24. The maximum absolute atomic E-state index is 12.1. The molecule has 0 radical (unpaired) electrons. The predicted octanol–water partition coefficient (Wildman–Crippen LogP) is 5.14. The summed E-state index contributed by atoms with van der Waals surface area (Å²) < 4.78 is 0. The van der Waals surface area contributed by atoms with E-state index in [2.05, 4.69) is 5.32 Å². The number of phenols is 1. The number of aromatic hydroxyl groups is 1. The third kappa shape index (κ3) is 3.87. The second-order valence-electron chi connectivity index (χ2n) is 5.56. The van der Waals surface area contributed by atoms with Crippen molar-refractivity contribution in [2.75, 3.05) is 5.32 Å². The van der Waals surface area contributed by atoms with Crippen LogP contribution in [0.2, 0.25) is 10.0 Å². The highest BCUT2D eigenvalue weighted by molar-refractivity contribution is 6.31. The van der Waals surface area contributed by atoms with E-state index in [-0.39, 0.29) is 17.5 Å². The summed E-state index contributed by atoms with van der Waals surface area (Å²) in [6, 6.07) is 12.3. The molecule has 0 saturated carbocycles. The Kier molecular flexibility index (Phi) is 4.60. The third-order valence-corrected chi connectivity index (χ3v) is 4.28. The van der Waals surface area contributed by atoms with Gasteiger partial charge < -0.3 is 10.4 Å². The standard InChI is InChI=1S/C18H15Cl2NO2/c19-13-3-1-11(2-4-13)12-7-15(10-16(22)8-12)21-17-9-14(20)5-6-18(17)23/h1-7,9,12,21,23H,8,10H2. The quantitative estimate of drug-likeness (QED) is 0.755. The van der Waals surface area contributed by atoms with Crippen LogP contribution in [0, 0.1) is 0 Å². The van der Waals surface area contributed by atoms with Crippen LogP contribution in [0.1, 0.15) is 24.3 Å². The summed E-state index contributed by atoms with van der Waals surface area (Å²) in [5.41, 5.74) is 2.30. The molecule has 0 amide bonds. The lowest BCUT2D eigenvalue weighted by Crippen LogP contribution is -2.16. The van der Waals surface area contributed by atoms with Gasteiger partial charge in [-0.3, -0.25) is 4.79 Å². The number of allylic oxidation sites excluding steroid dienone is 2. The van der Waals surface area contributed by atoms with Crippen molar-refractivity contribution >= 4 is 34.7 Å². The Balaban J connectivity index is 1.87. The number of rotatable bonds is 3. The van der Waals surface area contributed by atoms with Gasteiger partial charge in [0.05, 0.1) is 5.69 Å². The second-order valence-corrected chi connectivity index (χ2v) is 6.43. The van der Waals surface area contributed by atoms with Crippen LogP contribution in [-0.4, -0.2) is 10.9 Å². The van der Waals surface area contributed by atoms with E-state index in [0.717, 1.165) is 11.3 Å². The first-order valence-corrected chi connectivity index (χ1v) is 8.00. The average Bonchev–Trinajstić information content (AvgIpc) is 2.51. The number of benzene rings is 2. The lowest BCUT2D eigenvalue weighted by molar-refractivity contribution is -0.118.